The third kappa shape index (κ3) is 3.75. The van der Waals surface area contributed by atoms with Gasteiger partial charge in [0.05, 0.1) is 11.5 Å². The number of primary amides is 1. The van der Waals surface area contributed by atoms with Crippen molar-refractivity contribution in [3.8, 4) is 0 Å². The molecule has 1 saturated heterocycles. The fraction of sp³-hybridized carbons (Fsp3) is 0.471. The van der Waals surface area contributed by atoms with Crippen LogP contribution in [0.5, 0.6) is 0 Å². The summed E-state index contributed by atoms with van der Waals surface area (Å²) < 4.78 is 10.7. The molecule has 0 bridgehead atoms. The Labute approximate surface area is 160 Å². The molecule has 0 aromatic rings. The number of nitrogens with one attached hydrogen (secondary N) is 1. The summed E-state index contributed by atoms with van der Waals surface area (Å²) in [4.78, 5) is 35.4. The van der Waals surface area contributed by atoms with Crippen LogP contribution in [0.3, 0.4) is 0 Å². The fourth-order valence-corrected chi connectivity index (χ4v) is 4.07. The molecule has 1 saturated carbocycles. The number of amidine groups is 1. The fourth-order valence-electron chi connectivity index (χ4n) is 3.34. The van der Waals surface area contributed by atoms with Crippen molar-refractivity contribution in [2.24, 2.45) is 15.9 Å². The molecule has 1 aliphatic carbocycles. The highest BCUT2D eigenvalue weighted by Crippen LogP contribution is 2.45. The summed E-state index contributed by atoms with van der Waals surface area (Å²) >= 11 is 0.945. The second-order valence-corrected chi connectivity index (χ2v) is 7.33. The van der Waals surface area contributed by atoms with Crippen molar-refractivity contribution >= 4 is 40.6 Å². The predicted octanol–water partition coefficient (Wildman–Crippen LogP) is 1.11. The maximum Gasteiger partial charge on any atom is 0.332 e. The molecule has 10 heteroatoms. The molecule has 144 valence electrons. The number of rotatable bonds is 4. The van der Waals surface area contributed by atoms with Crippen LogP contribution < -0.4 is 11.1 Å². The summed E-state index contributed by atoms with van der Waals surface area (Å²) in [6.07, 6.45) is 4.68. The first-order valence-corrected chi connectivity index (χ1v) is 9.42. The molecule has 9 nitrogen and oxygen atoms in total. The molecule has 3 rings (SSSR count). The van der Waals surface area contributed by atoms with Gasteiger partial charge in [-0.3, -0.25) is 14.9 Å². The number of amides is 2. The molecule has 0 unspecified atom stereocenters. The minimum absolute atomic E-state index is 0.0621. The van der Waals surface area contributed by atoms with E-state index in [4.69, 9.17) is 15.2 Å². The molecule has 0 atom stereocenters. The maximum absolute atomic E-state index is 11.9. The van der Waals surface area contributed by atoms with Gasteiger partial charge in [-0.1, -0.05) is 0 Å². The van der Waals surface area contributed by atoms with Crippen molar-refractivity contribution in [3.05, 3.63) is 22.1 Å². The van der Waals surface area contributed by atoms with Gasteiger partial charge in [0.2, 0.25) is 5.90 Å². The van der Waals surface area contributed by atoms with Gasteiger partial charge >= 0.3 is 5.97 Å². The molecule has 1 spiro atoms. The van der Waals surface area contributed by atoms with Gasteiger partial charge in [-0.25, -0.2) is 4.79 Å². The van der Waals surface area contributed by atoms with E-state index < -0.39 is 23.4 Å². The van der Waals surface area contributed by atoms with Crippen molar-refractivity contribution in [1.82, 2.24) is 5.32 Å². The van der Waals surface area contributed by atoms with Gasteiger partial charge in [-0.2, -0.15) is 0 Å². The molecule has 0 aromatic carbocycles. The van der Waals surface area contributed by atoms with E-state index in [1.165, 1.54) is 0 Å². The minimum atomic E-state index is -0.624. The zero-order valence-electron chi connectivity index (χ0n) is 15.0. The largest absolute Gasteiger partial charge is 0.465 e. The average Bonchev–Trinajstić information content (AvgIpc) is 3.27. The van der Waals surface area contributed by atoms with Crippen molar-refractivity contribution in [3.63, 3.8) is 0 Å². The number of nitrogens with two attached hydrogens (primary N) is 1. The topological polar surface area (TPSA) is 132 Å². The van der Waals surface area contributed by atoms with E-state index in [1.807, 2.05) is 6.92 Å². The lowest BCUT2D eigenvalue weighted by Crippen LogP contribution is -2.27. The monoisotopic (exact) mass is 392 g/mol. The molecule has 2 heterocycles. The summed E-state index contributed by atoms with van der Waals surface area (Å²) in [7, 11) is 0. The summed E-state index contributed by atoms with van der Waals surface area (Å²) in [5.74, 6) is -1.65. The Morgan fingerprint density at radius 2 is 2.07 bits per heavy atom. The molecule has 2 aliphatic heterocycles. The van der Waals surface area contributed by atoms with E-state index in [0.717, 1.165) is 49.1 Å². The highest BCUT2D eigenvalue weighted by atomic mass is 32.2. The maximum atomic E-state index is 11.9. The SMILES string of the molecule is CCOC(=O)C=C1SC(=NN=C2OC3(CCCC3)C(C)=C2C(N)=O)NC1=O. The molecule has 27 heavy (non-hydrogen) atoms. The van der Waals surface area contributed by atoms with Crippen LogP contribution >= 0.6 is 11.8 Å². The van der Waals surface area contributed by atoms with Crippen LogP contribution in [0.4, 0.5) is 0 Å². The van der Waals surface area contributed by atoms with Gasteiger partial charge in [-0.05, 0) is 56.9 Å². The summed E-state index contributed by atoms with van der Waals surface area (Å²) in [5, 5.41) is 10.6. The zero-order valence-corrected chi connectivity index (χ0v) is 15.9. The van der Waals surface area contributed by atoms with Gasteiger partial charge in [-0.15, -0.1) is 10.2 Å². The predicted molar refractivity (Wildman–Crippen MR) is 99.5 cm³/mol. The first kappa shape index (κ1) is 19.2. The number of carbonyl (C=O) groups is 3. The van der Waals surface area contributed by atoms with Gasteiger partial charge < -0.3 is 15.2 Å². The molecular formula is C17H20N4O5S. The van der Waals surface area contributed by atoms with Crippen molar-refractivity contribution < 1.29 is 23.9 Å². The molecule has 3 N–H and O–H groups in total. The number of thioether (sulfide) groups is 1. The Hall–Kier alpha value is -2.62. The highest BCUT2D eigenvalue weighted by molar-refractivity contribution is 8.18. The lowest BCUT2D eigenvalue weighted by atomic mass is 9.91. The second-order valence-electron chi connectivity index (χ2n) is 6.29. The number of ether oxygens (including phenoxy) is 2. The first-order valence-electron chi connectivity index (χ1n) is 8.60. The normalized spacial score (nSPS) is 25.6. The van der Waals surface area contributed by atoms with Crippen molar-refractivity contribution in [1.29, 1.82) is 0 Å². The molecule has 2 fully saturated rings. The highest BCUT2D eigenvalue weighted by Gasteiger charge is 2.47. The third-order valence-corrected chi connectivity index (χ3v) is 5.54. The summed E-state index contributed by atoms with van der Waals surface area (Å²) in [6.45, 7) is 3.71. The van der Waals surface area contributed by atoms with Crippen molar-refractivity contribution in [2.75, 3.05) is 6.61 Å². The molecule has 0 radical (unpaired) electrons. The van der Waals surface area contributed by atoms with E-state index >= 15 is 0 Å². The van der Waals surface area contributed by atoms with E-state index in [9.17, 15) is 14.4 Å². The van der Waals surface area contributed by atoms with Gasteiger partial charge in [0, 0.05) is 6.08 Å². The lowest BCUT2D eigenvalue weighted by molar-refractivity contribution is -0.137. The summed E-state index contributed by atoms with van der Waals surface area (Å²) in [5.41, 5.74) is 5.97. The number of nitrogens with zero attached hydrogens (tertiary/aromatic N) is 2. The first-order chi connectivity index (χ1) is 12.9. The van der Waals surface area contributed by atoms with Crippen LogP contribution in [-0.2, 0) is 23.9 Å². The van der Waals surface area contributed by atoms with E-state index in [1.54, 1.807) is 6.92 Å². The van der Waals surface area contributed by atoms with Gasteiger partial charge in [0.15, 0.2) is 5.17 Å². The second kappa shape index (κ2) is 7.55. The third-order valence-electron chi connectivity index (χ3n) is 4.64. The zero-order chi connectivity index (χ0) is 19.6. The number of carbonyl (C=O) groups excluding carboxylic acids is 3. The Bertz CT molecular complexity index is 821. The lowest BCUT2D eigenvalue weighted by Gasteiger charge is -2.24. The average molecular weight is 392 g/mol. The number of hydrogen-bond acceptors (Lipinski definition) is 8. The van der Waals surface area contributed by atoms with Crippen LogP contribution in [0.15, 0.2) is 32.3 Å². The van der Waals surface area contributed by atoms with Crippen LogP contribution in [0.2, 0.25) is 0 Å². The Balaban J connectivity index is 1.82. The van der Waals surface area contributed by atoms with Gasteiger partial charge in [0.25, 0.3) is 11.8 Å². The number of hydrogen-bond donors (Lipinski definition) is 2. The van der Waals surface area contributed by atoms with E-state index in [0.29, 0.717) is 0 Å². The standard InChI is InChI=1S/C17H20N4O5S/c1-3-25-11(22)8-10-14(24)19-16(27-10)21-20-15-12(13(18)23)9(2)17(26-15)6-4-5-7-17/h8H,3-7H2,1-2H3,(H2,18,23)(H,19,21,24). The van der Waals surface area contributed by atoms with Crippen LogP contribution in [0, 0.1) is 0 Å². The molecule has 2 amide bonds. The molecule has 0 aromatic heterocycles. The Kier molecular flexibility index (Phi) is 5.36. The minimum Gasteiger partial charge on any atom is -0.465 e. The van der Waals surface area contributed by atoms with E-state index in [-0.39, 0.29) is 28.2 Å². The summed E-state index contributed by atoms with van der Waals surface area (Å²) in [6, 6.07) is 0. The number of esters is 1. The van der Waals surface area contributed by atoms with Crippen molar-refractivity contribution in [2.45, 2.75) is 45.1 Å². The van der Waals surface area contributed by atoms with Gasteiger partial charge in [0.1, 0.15) is 11.2 Å². The van der Waals surface area contributed by atoms with Crippen LogP contribution in [0.1, 0.15) is 39.5 Å². The smallest absolute Gasteiger partial charge is 0.332 e. The van der Waals surface area contributed by atoms with Crippen LogP contribution in [0.25, 0.3) is 0 Å². The Morgan fingerprint density at radius 1 is 1.37 bits per heavy atom. The quantitative estimate of drug-likeness (QED) is 0.418. The van der Waals surface area contributed by atoms with E-state index in [2.05, 4.69) is 15.5 Å². The van der Waals surface area contributed by atoms with Crippen LogP contribution in [-0.4, -0.2) is 41.1 Å². The Morgan fingerprint density at radius 3 is 2.70 bits per heavy atom. The molecular weight excluding hydrogens is 372 g/mol. The molecule has 3 aliphatic rings.